The van der Waals surface area contributed by atoms with Gasteiger partial charge in [-0.05, 0) is 77.9 Å². The predicted molar refractivity (Wildman–Crippen MR) is 145 cm³/mol. The molecule has 1 aliphatic carbocycles. The summed E-state index contributed by atoms with van der Waals surface area (Å²) in [4.78, 5) is 12.4. The molecule has 0 spiro atoms. The van der Waals surface area contributed by atoms with Crippen LogP contribution in [0.2, 0.25) is 0 Å². The normalized spacial score (nSPS) is 14.1. The second kappa shape index (κ2) is 9.66. The molecule has 0 radical (unpaired) electrons. The van der Waals surface area contributed by atoms with E-state index in [2.05, 4.69) is 84.9 Å². The average molecular weight is 477 g/mol. The lowest BCUT2D eigenvalue weighted by molar-refractivity contribution is -0.138. The van der Waals surface area contributed by atoms with Crippen LogP contribution in [0.3, 0.4) is 0 Å². The fraction of sp³-hybridized carbons (Fsp3) is 0.242. The van der Waals surface area contributed by atoms with Crippen molar-refractivity contribution in [2.24, 2.45) is 5.92 Å². The largest absolute Gasteiger partial charge is 0.491 e. The van der Waals surface area contributed by atoms with E-state index in [0.29, 0.717) is 5.75 Å². The molecule has 0 N–H and O–H groups in total. The van der Waals surface area contributed by atoms with E-state index >= 15 is 0 Å². The molecule has 182 valence electrons. The number of carbonyl (C=O) groups is 1. The van der Waals surface area contributed by atoms with Gasteiger partial charge in [0.25, 0.3) is 0 Å². The molecule has 5 rings (SSSR count). The van der Waals surface area contributed by atoms with Gasteiger partial charge >= 0.3 is 5.97 Å². The molecule has 1 unspecified atom stereocenters. The monoisotopic (exact) mass is 476 g/mol. The molecule has 3 heteroatoms. The first kappa shape index (κ1) is 23.9. The van der Waals surface area contributed by atoms with Crippen molar-refractivity contribution >= 4 is 5.97 Å². The van der Waals surface area contributed by atoms with Gasteiger partial charge in [0.2, 0.25) is 0 Å². The van der Waals surface area contributed by atoms with Crippen molar-refractivity contribution in [3.05, 3.63) is 119 Å². The van der Waals surface area contributed by atoms with Crippen LogP contribution in [-0.2, 0) is 10.2 Å². The summed E-state index contributed by atoms with van der Waals surface area (Å²) in [6.07, 6.45) is 0.868. The third-order valence-electron chi connectivity index (χ3n) is 7.13. The zero-order valence-electron chi connectivity index (χ0n) is 21.3. The maximum absolute atomic E-state index is 12.4. The Balaban J connectivity index is 1.68. The Kier molecular flexibility index (Phi) is 6.40. The van der Waals surface area contributed by atoms with Crippen LogP contribution < -0.4 is 9.47 Å². The Hall–Kier alpha value is -3.85. The number of carbonyl (C=O) groups excluding carboxylic acids is 1. The van der Waals surface area contributed by atoms with Crippen molar-refractivity contribution in [1.29, 1.82) is 0 Å². The molecule has 0 amide bonds. The van der Waals surface area contributed by atoms with E-state index in [0.717, 1.165) is 17.7 Å². The van der Waals surface area contributed by atoms with Gasteiger partial charge in [0.15, 0.2) is 0 Å². The number of benzene rings is 4. The van der Waals surface area contributed by atoms with Crippen LogP contribution in [0.4, 0.5) is 0 Å². The van der Waals surface area contributed by atoms with Crippen LogP contribution in [0, 0.1) is 5.92 Å². The molecule has 4 aromatic carbocycles. The highest BCUT2D eigenvalue weighted by Crippen LogP contribution is 2.56. The average Bonchev–Trinajstić information content (AvgIpc) is 3.20. The molecule has 0 bridgehead atoms. The lowest BCUT2D eigenvalue weighted by atomic mass is 9.68. The first-order valence-electron chi connectivity index (χ1n) is 12.7. The number of esters is 1. The number of rotatable bonds is 7. The SMILES string of the molecule is CCC(C)C(=O)Oc1ccc(C2(c3ccc(OC(C)C)cc3)c3ccccc3-c3ccccc32)cc1. The molecule has 36 heavy (non-hydrogen) atoms. The summed E-state index contributed by atoms with van der Waals surface area (Å²) in [7, 11) is 0. The van der Waals surface area contributed by atoms with Gasteiger partial charge < -0.3 is 9.47 Å². The summed E-state index contributed by atoms with van der Waals surface area (Å²) in [6.45, 7) is 7.96. The van der Waals surface area contributed by atoms with Crippen molar-refractivity contribution in [2.75, 3.05) is 0 Å². The summed E-state index contributed by atoms with van der Waals surface area (Å²) < 4.78 is 11.6. The highest BCUT2D eigenvalue weighted by atomic mass is 16.5. The Morgan fingerprint density at radius 1 is 0.694 bits per heavy atom. The van der Waals surface area contributed by atoms with E-state index in [-0.39, 0.29) is 18.0 Å². The number of fused-ring (bicyclic) bond motifs is 3. The Bertz CT molecular complexity index is 1320. The van der Waals surface area contributed by atoms with Crippen LogP contribution >= 0.6 is 0 Å². The van der Waals surface area contributed by atoms with Gasteiger partial charge in [0.05, 0.1) is 17.4 Å². The highest BCUT2D eigenvalue weighted by Gasteiger charge is 2.45. The van der Waals surface area contributed by atoms with Crippen molar-refractivity contribution in [1.82, 2.24) is 0 Å². The van der Waals surface area contributed by atoms with Crippen LogP contribution in [0.25, 0.3) is 11.1 Å². The van der Waals surface area contributed by atoms with E-state index in [1.54, 1.807) is 0 Å². The first-order valence-corrected chi connectivity index (χ1v) is 12.7. The third-order valence-corrected chi connectivity index (χ3v) is 7.13. The Morgan fingerprint density at radius 3 is 1.64 bits per heavy atom. The molecule has 1 aliphatic rings. The smallest absolute Gasteiger partial charge is 0.314 e. The zero-order valence-corrected chi connectivity index (χ0v) is 21.3. The van der Waals surface area contributed by atoms with Gasteiger partial charge in [-0.15, -0.1) is 0 Å². The number of hydrogen-bond acceptors (Lipinski definition) is 3. The molecule has 1 atom stereocenters. The summed E-state index contributed by atoms with van der Waals surface area (Å²) in [5.74, 6) is 1.10. The van der Waals surface area contributed by atoms with E-state index in [4.69, 9.17) is 9.47 Å². The first-order chi connectivity index (χ1) is 17.4. The quantitative estimate of drug-likeness (QED) is 0.178. The van der Waals surface area contributed by atoms with Crippen LogP contribution in [0.1, 0.15) is 56.4 Å². The van der Waals surface area contributed by atoms with E-state index < -0.39 is 5.41 Å². The van der Waals surface area contributed by atoms with Crippen molar-refractivity contribution in [2.45, 2.75) is 45.6 Å². The minimum atomic E-state index is -0.497. The minimum absolute atomic E-state index is 0.114. The molecule has 0 saturated heterocycles. The lowest BCUT2D eigenvalue weighted by Crippen LogP contribution is -2.28. The van der Waals surface area contributed by atoms with Gasteiger partial charge in [0.1, 0.15) is 11.5 Å². The van der Waals surface area contributed by atoms with Crippen LogP contribution in [0.5, 0.6) is 11.5 Å². The van der Waals surface area contributed by atoms with Crippen molar-refractivity contribution < 1.29 is 14.3 Å². The Labute approximate surface area is 213 Å². The van der Waals surface area contributed by atoms with Crippen molar-refractivity contribution in [3.63, 3.8) is 0 Å². The molecular weight excluding hydrogens is 444 g/mol. The summed E-state index contributed by atoms with van der Waals surface area (Å²) >= 11 is 0. The summed E-state index contributed by atoms with van der Waals surface area (Å²) in [5.41, 5.74) is 6.76. The lowest BCUT2D eigenvalue weighted by Gasteiger charge is -2.34. The third kappa shape index (κ3) is 3.99. The predicted octanol–water partition coefficient (Wildman–Crippen LogP) is 7.79. The number of ether oxygens (including phenoxy) is 2. The minimum Gasteiger partial charge on any atom is -0.491 e. The van der Waals surface area contributed by atoms with Gasteiger partial charge in [-0.3, -0.25) is 4.79 Å². The Morgan fingerprint density at radius 2 is 1.17 bits per heavy atom. The molecule has 0 aromatic heterocycles. The number of hydrogen-bond donors (Lipinski definition) is 0. The van der Waals surface area contributed by atoms with Crippen molar-refractivity contribution in [3.8, 4) is 22.6 Å². The molecule has 4 aromatic rings. The maximum atomic E-state index is 12.4. The zero-order chi connectivity index (χ0) is 25.3. The molecule has 3 nitrogen and oxygen atoms in total. The molecule has 0 saturated carbocycles. The summed E-state index contributed by atoms with van der Waals surface area (Å²) in [6, 6.07) is 33.8. The molecule has 0 fully saturated rings. The van der Waals surface area contributed by atoms with E-state index in [1.165, 1.54) is 27.8 Å². The molecule has 0 aliphatic heterocycles. The highest BCUT2D eigenvalue weighted by molar-refractivity contribution is 5.86. The van der Waals surface area contributed by atoms with Gasteiger partial charge in [-0.25, -0.2) is 0 Å². The fourth-order valence-electron chi connectivity index (χ4n) is 5.24. The second-order valence-corrected chi connectivity index (χ2v) is 9.79. The fourth-order valence-corrected chi connectivity index (χ4v) is 5.24. The van der Waals surface area contributed by atoms with Crippen LogP contribution in [0.15, 0.2) is 97.1 Å². The van der Waals surface area contributed by atoms with E-state index in [1.807, 2.05) is 39.8 Å². The van der Waals surface area contributed by atoms with Crippen LogP contribution in [-0.4, -0.2) is 12.1 Å². The second-order valence-electron chi connectivity index (χ2n) is 9.79. The standard InChI is InChI=1S/C33H32O3/c1-5-23(4)32(34)36-27-20-16-25(17-21-27)33(24-14-18-26(19-15-24)35-22(2)3)30-12-8-6-10-28(30)29-11-7-9-13-31(29)33/h6-23H,5H2,1-4H3. The van der Waals surface area contributed by atoms with E-state index in [9.17, 15) is 4.79 Å². The maximum Gasteiger partial charge on any atom is 0.314 e. The molecule has 0 heterocycles. The summed E-state index contributed by atoms with van der Waals surface area (Å²) in [5, 5.41) is 0. The molecular formula is C33H32O3. The topological polar surface area (TPSA) is 35.5 Å². The van der Waals surface area contributed by atoms with Gasteiger partial charge in [-0.1, -0.05) is 86.6 Å². The van der Waals surface area contributed by atoms with Gasteiger partial charge in [0, 0.05) is 0 Å². The van der Waals surface area contributed by atoms with Gasteiger partial charge in [-0.2, -0.15) is 0 Å².